The second kappa shape index (κ2) is 4.57. The van der Waals surface area contributed by atoms with Gasteiger partial charge in [-0.1, -0.05) is 0 Å². The largest absolute Gasteiger partial charge is 0.288 e. The van der Waals surface area contributed by atoms with Gasteiger partial charge in [0.25, 0.3) is 0 Å². The zero-order valence-electron chi connectivity index (χ0n) is 8.94. The minimum atomic E-state index is -0.362. The van der Waals surface area contributed by atoms with Crippen LogP contribution >= 0.6 is 38.6 Å². The molecule has 5 heteroatoms. The quantitative estimate of drug-likeness (QED) is 0.593. The van der Waals surface area contributed by atoms with Gasteiger partial charge in [-0.2, -0.15) is 0 Å². The molecule has 0 N–H and O–H groups in total. The van der Waals surface area contributed by atoms with E-state index in [1.807, 2.05) is 17.5 Å². The molecule has 0 spiro atoms. The molecule has 0 aliphatic carbocycles. The number of fused-ring (bicyclic) bond motifs is 1. The molecule has 0 saturated carbocycles. The summed E-state index contributed by atoms with van der Waals surface area (Å²) in [5.41, 5.74) is 0.497. The van der Waals surface area contributed by atoms with E-state index in [2.05, 4.69) is 15.9 Å². The minimum absolute atomic E-state index is 0.0656. The molecule has 2 heterocycles. The maximum absolute atomic E-state index is 13.1. The topological polar surface area (TPSA) is 17.1 Å². The van der Waals surface area contributed by atoms with E-state index >= 15 is 0 Å². The van der Waals surface area contributed by atoms with Gasteiger partial charge in [0.1, 0.15) is 5.82 Å². The molecule has 0 fully saturated rings. The van der Waals surface area contributed by atoms with E-state index in [0.29, 0.717) is 14.9 Å². The zero-order chi connectivity index (χ0) is 12.7. The Morgan fingerprint density at radius 1 is 1.17 bits per heavy atom. The van der Waals surface area contributed by atoms with Crippen LogP contribution in [-0.4, -0.2) is 5.78 Å². The van der Waals surface area contributed by atoms with Crippen LogP contribution in [0.5, 0.6) is 0 Å². The SMILES string of the molecule is O=C(c1ccc(F)c(Br)c1)c1cc2sccc2s1. The van der Waals surface area contributed by atoms with Crippen molar-refractivity contribution in [3.05, 3.63) is 56.4 Å². The molecular formula is C13H6BrFOS2. The van der Waals surface area contributed by atoms with Crippen LogP contribution in [0.25, 0.3) is 9.40 Å². The van der Waals surface area contributed by atoms with Gasteiger partial charge in [-0.15, -0.1) is 22.7 Å². The van der Waals surface area contributed by atoms with Crippen molar-refractivity contribution in [3.63, 3.8) is 0 Å². The Kier molecular flexibility index (Phi) is 3.05. The Balaban J connectivity index is 2.03. The molecule has 0 atom stereocenters. The standard InChI is InChI=1S/C13H6BrFOS2/c14-8-5-7(1-2-9(8)15)13(16)12-6-11-10(18-12)3-4-17-11/h1-6H. The summed E-state index contributed by atoms with van der Waals surface area (Å²) in [5, 5.41) is 2.00. The van der Waals surface area contributed by atoms with Crippen molar-refractivity contribution < 1.29 is 9.18 Å². The third-order valence-corrected chi connectivity index (χ3v) is 5.24. The lowest BCUT2D eigenvalue weighted by atomic mass is 10.1. The zero-order valence-corrected chi connectivity index (χ0v) is 12.2. The summed E-state index contributed by atoms with van der Waals surface area (Å²) in [6, 6.07) is 8.22. The first kappa shape index (κ1) is 12.0. The highest BCUT2D eigenvalue weighted by atomic mass is 79.9. The Morgan fingerprint density at radius 3 is 2.72 bits per heavy atom. The van der Waals surface area contributed by atoms with E-state index in [4.69, 9.17) is 0 Å². The van der Waals surface area contributed by atoms with E-state index < -0.39 is 0 Å². The average Bonchev–Trinajstić information content (AvgIpc) is 2.92. The fraction of sp³-hybridized carbons (Fsp3) is 0. The fourth-order valence-electron chi connectivity index (χ4n) is 1.66. The molecule has 3 aromatic rings. The summed E-state index contributed by atoms with van der Waals surface area (Å²) < 4.78 is 15.7. The van der Waals surface area contributed by atoms with E-state index in [0.717, 1.165) is 9.40 Å². The van der Waals surface area contributed by atoms with Crippen LogP contribution in [-0.2, 0) is 0 Å². The lowest BCUT2D eigenvalue weighted by Crippen LogP contribution is -1.98. The van der Waals surface area contributed by atoms with E-state index in [9.17, 15) is 9.18 Å². The van der Waals surface area contributed by atoms with Gasteiger partial charge in [-0.3, -0.25) is 4.79 Å². The molecule has 18 heavy (non-hydrogen) atoms. The number of benzene rings is 1. The van der Waals surface area contributed by atoms with Crippen LogP contribution in [0.1, 0.15) is 15.2 Å². The van der Waals surface area contributed by atoms with Crippen molar-refractivity contribution in [2.24, 2.45) is 0 Å². The summed E-state index contributed by atoms with van der Waals surface area (Å²) >= 11 is 6.18. The lowest BCUT2D eigenvalue weighted by molar-refractivity contribution is 0.104. The predicted molar refractivity (Wildman–Crippen MR) is 77.2 cm³/mol. The van der Waals surface area contributed by atoms with Gasteiger partial charge in [-0.05, 0) is 51.6 Å². The van der Waals surface area contributed by atoms with Crippen LogP contribution in [0.3, 0.4) is 0 Å². The van der Waals surface area contributed by atoms with E-state index in [1.54, 1.807) is 11.3 Å². The van der Waals surface area contributed by atoms with Crippen LogP contribution < -0.4 is 0 Å². The molecule has 0 aliphatic heterocycles. The van der Waals surface area contributed by atoms with Gasteiger partial charge >= 0.3 is 0 Å². The first-order valence-electron chi connectivity index (χ1n) is 5.12. The van der Waals surface area contributed by atoms with Crippen molar-refractivity contribution in [1.29, 1.82) is 0 Å². The smallest absolute Gasteiger partial charge is 0.203 e. The third kappa shape index (κ3) is 2.02. The molecule has 0 bridgehead atoms. The second-order valence-electron chi connectivity index (χ2n) is 3.72. The second-order valence-corrected chi connectivity index (χ2v) is 6.60. The van der Waals surface area contributed by atoms with Crippen LogP contribution in [0.15, 0.2) is 40.2 Å². The molecule has 1 nitrogen and oxygen atoms in total. The summed E-state index contributed by atoms with van der Waals surface area (Å²) in [4.78, 5) is 12.9. The van der Waals surface area contributed by atoms with Crippen molar-refractivity contribution >= 4 is 53.8 Å². The van der Waals surface area contributed by atoms with Crippen LogP contribution in [0, 0.1) is 5.82 Å². The molecule has 0 amide bonds. The normalized spacial score (nSPS) is 11.0. The Hall–Kier alpha value is -1.04. The van der Waals surface area contributed by atoms with Gasteiger partial charge in [0.15, 0.2) is 0 Å². The number of ketones is 1. The van der Waals surface area contributed by atoms with Crippen molar-refractivity contribution in [1.82, 2.24) is 0 Å². The molecule has 3 rings (SSSR count). The predicted octanol–water partition coefficient (Wildman–Crippen LogP) is 5.10. The highest BCUT2D eigenvalue weighted by molar-refractivity contribution is 9.10. The number of thiophene rings is 2. The van der Waals surface area contributed by atoms with Crippen LogP contribution in [0.2, 0.25) is 0 Å². The molecule has 0 radical (unpaired) electrons. The molecule has 1 aromatic carbocycles. The Bertz CT molecular complexity index is 716. The lowest BCUT2D eigenvalue weighted by Gasteiger charge is -1.99. The summed E-state index contributed by atoms with van der Waals surface area (Å²) in [7, 11) is 0. The van der Waals surface area contributed by atoms with Crippen molar-refractivity contribution in [3.8, 4) is 0 Å². The number of carbonyl (C=O) groups is 1. The highest BCUT2D eigenvalue weighted by Crippen LogP contribution is 2.31. The molecule has 0 aliphatic rings. The van der Waals surface area contributed by atoms with Crippen LogP contribution in [0.4, 0.5) is 4.39 Å². The number of halogens is 2. The molecule has 0 unspecified atom stereocenters. The molecule has 2 aromatic heterocycles. The van der Waals surface area contributed by atoms with Crippen molar-refractivity contribution in [2.75, 3.05) is 0 Å². The van der Waals surface area contributed by atoms with E-state index in [1.165, 1.54) is 29.5 Å². The summed E-state index contributed by atoms with van der Waals surface area (Å²) in [6.07, 6.45) is 0. The van der Waals surface area contributed by atoms with Gasteiger partial charge in [0, 0.05) is 15.0 Å². The Morgan fingerprint density at radius 2 is 2.00 bits per heavy atom. The summed E-state index contributed by atoms with van der Waals surface area (Å²) in [5.74, 6) is -0.428. The first-order chi connectivity index (χ1) is 8.65. The highest BCUT2D eigenvalue weighted by Gasteiger charge is 2.14. The maximum Gasteiger partial charge on any atom is 0.203 e. The van der Waals surface area contributed by atoms with Gasteiger partial charge in [0.05, 0.1) is 9.35 Å². The third-order valence-electron chi connectivity index (χ3n) is 2.54. The monoisotopic (exact) mass is 340 g/mol. The molecular weight excluding hydrogens is 335 g/mol. The Labute approximate surface area is 119 Å². The summed E-state index contributed by atoms with van der Waals surface area (Å²) in [6.45, 7) is 0. The molecule has 0 saturated heterocycles. The molecule has 90 valence electrons. The number of carbonyl (C=O) groups excluding carboxylic acids is 1. The minimum Gasteiger partial charge on any atom is -0.288 e. The number of hydrogen-bond acceptors (Lipinski definition) is 3. The average molecular weight is 341 g/mol. The van der Waals surface area contributed by atoms with Crippen molar-refractivity contribution in [2.45, 2.75) is 0 Å². The fourth-order valence-corrected chi connectivity index (χ4v) is 4.11. The number of hydrogen-bond donors (Lipinski definition) is 0. The first-order valence-corrected chi connectivity index (χ1v) is 7.61. The van der Waals surface area contributed by atoms with Gasteiger partial charge in [-0.25, -0.2) is 4.39 Å². The van der Waals surface area contributed by atoms with E-state index in [-0.39, 0.29) is 11.6 Å². The van der Waals surface area contributed by atoms with Gasteiger partial charge < -0.3 is 0 Å². The maximum atomic E-state index is 13.1. The number of rotatable bonds is 2. The van der Waals surface area contributed by atoms with Gasteiger partial charge in [0.2, 0.25) is 5.78 Å².